The van der Waals surface area contributed by atoms with Crippen LogP contribution in [0.1, 0.15) is 19.3 Å². The van der Waals surface area contributed by atoms with E-state index in [4.69, 9.17) is 4.74 Å². The molecule has 0 aliphatic carbocycles. The molecule has 4 nitrogen and oxygen atoms in total. The SMILES string of the molecule is COC(=O)CCCNC1CCOC1. The highest BCUT2D eigenvalue weighted by Crippen LogP contribution is 2.03. The van der Waals surface area contributed by atoms with Gasteiger partial charge in [-0.1, -0.05) is 0 Å². The maximum absolute atomic E-state index is 10.7. The zero-order valence-electron chi connectivity index (χ0n) is 8.04. The van der Waals surface area contributed by atoms with Gasteiger partial charge in [0, 0.05) is 19.1 Å². The zero-order valence-corrected chi connectivity index (χ0v) is 8.04. The van der Waals surface area contributed by atoms with Crippen LogP contribution in [0, 0.1) is 0 Å². The predicted molar refractivity (Wildman–Crippen MR) is 48.5 cm³/mol. The Balaban J connectivity index is 1.91. The minimum absolute atomic E-state index is 0.135. The Bertz CT molecular complexity index is 155. The highest BCUT2D eigenvalue weighted by molar-refractivity contribution is 5.69. The molecule has 1 aliphatic heterocycles. The lowest BCUT2D eigenvalue weighted by Gasteiger charge is -2.09. The van der Waals surface area contributed by atoms with Gasteiger partial charge in [-0.05, 0) is 19.4 Å². The van der Waals surface area contributed by atoms with E-state index >= 15 is 0 Å². The molecular formula is C9H17NO3. The van der Waals surface area contributed by atoms with Gasteiger partial charge < -0.3 is 14.8 Å². The van der Waals surface area contributed by atoms with Gasteiger partial charge in [0.1, 0.15) is 0 Å². The number of esters is 1. The molecule has 1 aliphatic rings. The molecule has 1 saturated heterocycles. The maximum atomic E-state index is 10.7. The van der Waals surface area contributed by atoms with Gasteiger partial charge in [-0.2, -0.15) is 0 Å². The van der Waals surface area contributed by atoms with Gasteiger partial charge in [0.05, 0.1) is 13.7 Å². The lowest BCUT2D eigenvalue weighted by Crippen LogP contribution is -2.30. The van der Waals surface area contributed by atoms with Crippen molar-refractivity contribution in [3.63, 3.8) is 0 Å². The average molecular weight is 187 g/mol. The van der Waals surface area contributed by atoms with Gasteiger partial charge in [0.15, 0.2) is 0 Å². The van der Waals surface area contributed by atoms with Crippen LogP contribution in [0.25, 0.3) is 0 Å². The van der Waals surface area contributed by atoms with Crippen molar-refractivity contribution < 1.29 is 14.3 Å². The van der Waals surface area contributed by atoms with E-state index in [0.29, 0.717) is 12.5 Å². The Labute approximate surface area is 78.6 Å². The molecule has 0 bridgehead atoms. The lowest BCUT2D eigenvalue weighted by atomic mass is 10.2. The van der Waals surface area contributed by atoms with E-state index in [1.54, 1.807) is 0 Å². The molecule has 0 amide bonds. The number of methoxy groups -OCH3 is 1. The number of nitrogens with one attached hydrogen (secondary N) is 1. The first kappa shape index (κ1) is 10.5. The van der Waals surface area contributed by atoms with Crippen molar-refractivity contribution in [2.24, 2.45) is 0 Å². The summed E-state index contributed by atoms with van der Waals surface area (Å²) in [7, 11) is 1.42. The fourth-order valence-electron chi connectivity index (χ4n) is 1.34. The minimum Gasteiger partial charge on any atom is -0.469 e. The fraction of sp³-hybridized carbons (Fsp3) is 0.889. The summed E-state index contributed by atoms with van der Waals surface area (Å²) >= 11 is 0. The Kier molecular flexibility index (Phi) is 4.78. The van der Waals surface area contributed by atoms with Gasteiger partial charge in [-0.15, -0.1) is 0 Å². The van der Waals surface area contributed by atoms with Crippen molar-refractivity contribution in [2.45, 2.75) is 25.3 Å². The summed E-state index contributed by atoms with van der Waals surface area (Å²) in [5.41, 5.74) is 0. The molecule has 1 unspecified atom stereocenters. The number of ether oxygens (including phenoxy) is 2. The summed E-state index contributed by atoms with van der Waals surface area (Å²) in [6.45, 7) is 2.52. The van der Waals surface area contributed by atoms with Crippen LogP contribution in [-0.2, 0) is 14.3 Å². The van der Waals surface area contributed by atoms with Crippen LogP contribution in [-0.4, -0.2) is 38.9 Å². The Hall–Kier alpha value is -0.610. The molecule has 1 rings (SSSR count). The van der Waals surface area contributed by atoms with Gasteiger partial charge in [-0.25, -0.2) is 0 Å². The van der Waals surface area contributed by atoms with Crippen molar-refractivity contribution in [1.82, 2.24) is 5.32 Å². The maximum Gasteiger partial charge on any atom is 0.305 e. The van der Waals surface area contributed by atoms with E-state index < -0.39 is 0 Å². The number of carbonyl (C=O) groups excluding carboxylic acids is 1. The van der Waals surface area contributed by atoms with Crippen LogP contribution in [0.3, 0.4) is 0 Å². The van der Waals surface area contributed by atoms with Gasteiger partial charge in [0.2, 0.25) is 0 Å². The molecule has 0 aromatic carbocycles. The van der Waals surface area contributed by atoms with Crippen LogP contribution in [0.2, 0.25) is 0 Å². The third-order valence-corrected chi connectivity index (χ3v) is 2.15. The average Bonchev–Trinajstić information content (AvgIpc) is 2.64. The predicted octanol–water partition coefficient (Wildman–Crippen LogP) is 0.318. The highest BCUT2D eigenvalue weighted by Gasteiger charge is 2.13. The summed E-state index contributed by atoms with van der Waals surface area (Å²) < 4.78 is 9.73. The van der Waals surface area contributed by atoms with Crippen molar-refractivity contribution in [1.29, 1.82) is 0 Å². The largest absolute Gasteiger partial charge is 0.469 e. The minimum atomic E-state index is -0.135. The molecule has 1 atom stereocenters. The Morgan fingerprint density at radius 2 is 2.54 bits per heavy atom. The van der Waals surface area contributed by atoms with E-state index in [0.717, 1.165) is 32.6 Å². The number of rotatable bonds is 5. The number of hydrogen-bond donors (Lipinski definition) is 1. The standard InChI is InChI=1S/C9H17NO3/c1-12-9(11)3-2-5-10-8-4-6-13-7-8/h8,10H,2-7H2,1H3. The van der Waals surface area contributed by atoms with Crippen molar-refractivity contribution >= 4 is 5.97 Å². The number of hydrogen-bond acceptors (Lipinski definition) is 4. The first-order valence-electron chi connectivity index (χ1n) is 4.71. The molecular weight excluding hydrogens is 170 g/mol. The van der Waals surface area contributed by atoms with E-state index in [-0.39, 0.29) is 5.97 Å². The van der Waals surface area contributed by atoms with Crippen LogP contribution in [0.4, 0.5) is 0 Å². The first-order valence-corrected chi connectivity index (χ1v) is 4.71. The smallest absolute Gasteiger partial charge is 0.305 e. The second kappa shape index (κ2) is 5.94. The van der Waals surface area contributed by atoms with Crippen LogP contribution in [0.5, 0.6) is 0 Å². The summed E-state index contributed by atoms with van der Waals surface area (Å²) in [6, 6.07) is 0.484. The monoisotopic (exact) mass is 187 g/mol. The Morgan fingerprint density at radius 1 is 1.69 bits per heavy atom. The molecule has 76 valence electrons. The van der Waals surface area contributed by atoms with Gasteiger partial charge >= 0.3 is 5.97 Å². The molecule has 4 heteroatoms. The molecule has 1 fully saturated rings. The molecule has 0 saturated carbocycles. The van der Waals surface area contributed by atoms with Crippen LogP contribution < -0.4 is 5.32 Å². The second-order valence-electron chi connectivity index (χ2n) is 3.19. The summed E-state index contributed by atoms with van der Waals surface area (Å²) in [4.78, 5) is 10.7. The quantitative estimate of drug-likeness (QED) is 0.497. The van der Waals surface area contributed by atoms with Gasteiger partial charge in [-0.3, -0.25) is 4.79 Å². The first-order chi connectivity index (χ1) is 6.33. The summed E-state index contributed by atoms with van der Waals surface area (Å²) in [5.74, 6) is -0.135. The van der Waals surface area contributed by atoms with E-state index in [9.17, 15) is 4.79 Å². The van der Waals surface area contributed by atoms with Crippen LogP contribution >= 0.6 is 0 Å². The van der Waals surface area contributed by atoms with Crippen molar-refractivity contribution in [3.05, 3.63) is 0 Å². The van der Waals surface area contributed by atoms with Crippen molar-refractivity contribution in [2.75, 3.05) is 26.9 Å². The molecule has 13 heavy (non-hydrogen) atoms. The van der Waals surface area contributed by atoms with E-state index in [1.807, 2.05) is 0 Å². The molecule has 0 aromatic heterocycles. The van der Waals surface area contributed by atoms with E-state index in [1.165, 1.54) is 7.11 Å². The lowest BCUT2D eigenvalue weighted by molar-refractivity contribution is -0.140. The van der Waals surface area contributed by atoms with Crippen molar-refractivity contribution in [3.8, 4) is 0 Å². The summed E-state index contributed by atoms with van der Waals surface area (Å²) in [6.07, 6.45) is 2.42. The molecule has 0 aromatic rings. The highest BCUT2D eigenvalue weighted by atomic mass is 16.5. The third-order valence-electron chi connectivity index (χ3n) is 2.15. The second-order valence-corrected chi connectivity index (χ2v) is 3.19. The normalized spacial score (nSPS) is 21.8. The van der Waals surface area contributed by atoms with Crippen LogP contribution in [0.15, 0.2) is 0 Å². The van der Waals surface area contributed by atoms with E-state index in [2.05, 4.69) is 10.1 Å². The molecule has 1 heterocycles. The third kappa shape index (κ3) is 4.24. The fourth-order valence-corrected chi connectivity index (χ4v) is 1.34. The Morgan fingerprint density at radius 3 is 3.15 bits per heavy atom. The zero-order chi connectivity index (χ0) is 9.52. The molecule has 0 radical (unpaired) electrons. The number of carbonyl (C=O) groups is 1. The molecule has 1 N–H and O–H groups in total. The topological polar surface area (TPSA) is 47.6 Å². The summed E-state index contributed by atoms with van der Waals surface area (Å²) in [5, 5.41) is 3.33. The molecule has 0 spiro atoms. The van der Waals surface area contributed by atoms with Gasteiger partial charge in [0.25, 0.3) is 0 Å².